The molecule has 0 aromatic heterocycles. The molecule has 0 heterocycles. The summed E-state index contributed by atoms with van der Waals surface area (Å²) in [7, 11) is 0. The molecule has 1 amide bonds. The number of aliphatic hydroxyl groups is 2. The van der Waals surface area contributed by atoms with E-state index in [0.717, 1.165) is 18.4 Å². The van der Waals surface area contributed by atoms with Crippen LogP contribution in [0.25, 0.3) is 0 Å². The van der Waals surface area contributed by atoms with Crippen molar-refractivity contribution < 1.29 is 24.5 Å². The highest BCUT2D eigenvalue weighted by Gasteiger charge is 2.24. The van der Waals surface area contributed by atoms with Crippen LogP contribution in [-0.2, 0) is 11.2 Å². The fraction of sp³-hybridized carbons (Fsp3) is 0.556. The first-order chi connectivity index (χ1) is 11.2. The molecule has 6 nitrogen and oxygen atoms in total. The topological polar surface area (TPSA) is 95.9 Å². The fourth-order valence-electron chi connectivity index (χ4n) is 2.67. The Hall–Kier alpha value is -1.92. The van der Waals surface area contributed by atoms with E-state index in [-0.39, 0.29) is 12.3 Å². The van der Waals surface area contributed by atoms with Crippen molar-refractivity contribution in [2.75, 3.05) is 6.54 Å². The first kappa shape index (κ1) is 18.4. The van der Waals surface area contributed by atoms with E-state index in [2.05, 4.69) is 5.32 Å². The zero-order valence-electron chi connectivity index (χ0n) is 14.3. The van der Waals surface area contributed by atoms with Crippen LogP contribution in [0, 0.1) is 0 Å². The van der Waals surface area contributed by atoms with Crippen LogP contribution in [0.4, 0.5) is 4.79 Å². The van der Waals surface area contributed by atoms with Crippen LogP contribution in [0.5, 0.6) is 0 Å². The van der Waals surface area contributed by atoms with Gasteiger partial charge in [-0.15, -0.1) is 0 Å². The van der Waals surface area contributed by atoms with Crippen molar-refractivity contribution >= 4 is 11.9 Å². The highest BCUT2D eigenvalue weighted by atomic mass is 16.6. The van der Waals surface area contributed by atoms with E-state index in [4.69, 9.17) is 4.74 Å². The van der Waals surface area contributed by atoms with Crippen molar-refractivity contribution in [2.24, 2.45) is 0 Å². The van der Waals surface area contributed by atoms with Crippen LogP contribution in [0.15, 0.2) is 18.2 Å². The molecule has 2 unspecified atom stereocenters. The molecule has 6 heteroatoms. The molecule has 2 rings (SSSR count). The Morgan fingerprint density at radius 1 is 1.29 bits per heavy atom. The van der Waals surface area contributed by atoms with Crippen molar-refractivity contribution in [1.82, 2.24) is 5.32 Å². The summed E-state index contributed by atoms with van der Waals surface area (Å²) in [6, 6.07) is 5.16. The van der Waals surface area contributed by atoms with Crippen molar-refractivity contribution in [3.8, 4) is 0 Å². The number of alkyl carbamates (subject to hydrolysis) is 1. The number of hydrogen-bond acceptors (Lipinski definition) is 5. The zero-order valence-corrected chi connectivity index (χ0v) is 14.3. The van der Waals surface area contributed by atoms with Crippen LogP contribution in [0.3, 0.4) is 0 Å². The van der Waals surface area contributed by atoms with E-state index in [1.54, 1.807) is 32.9 Å². The number of amides is 1. The van der Waals surface area contributed by atoms with Crippen LogP contribution < -0.4 is 5.32 Å². The SMILES string of the molecule is CC(C)(C)OC(=O)NCC(O)C(O)c1ccc2c(c1)C(=O)CCC2. The lowest BCUT2D eigenvalue weighted by molar-refractivity contribution is 0.0129. The normalized spacial score (nSPS) is 17.0. The molecule has 0 fully saturated rings. The van der Waals surface area contributed by atoms with Gasteiger partial charge in [-0.05, 0) is 50.8 Å². The van der Waals surface area contributed by atoms with E-state index in [1.807, 2.05) is 6.07 Å². The molecule has 1 aliphatic rings. The Kier molecular flexibility index (Phi) is 5.62. The molecule has 0 bridgehead atoms. The maximum absolute atomic E-state index is 12.0. The summed E-state index contributed by atoms with van der Waals surface area (Å²) in [5, 5.41) is 22.8. The third kappa shape index (κ3) is 4.79. The van der Waals surface area contributed by atoms with Crippen LogP contribution >= 0.6 is 0 Å². The molecule has 24 heavy (non-hydrogen) atoms. The lowest BCUT2D eigenvalue weighted by Gasteiger charge is -2.23. The maximum Gasteiger partial charge on any atom is 0.407 e. The molecule has 1 aliphatic carbocycles. The Labute approximate surface area is 141 Å². The molecule has 132 valence electrons. The summed E-state index contributed by atoms with van der Waals surface area (Å²) in [5.74, 6) is 0.0617. The summed E-state index contributed by atoms with van der Waals surface area (Å²) >= 11 is 0. The van der Waals surface area contributed by atoms with Crippen molar-refractivity contribution in [2.45, 2.75) is 57.8 Å². The smallest absolute Gasteiger partial charge is 0.407 e. The average Bonchev–Trinajstić information content (AvgIpc) is 2.50. The van der Waals surface area contributed by atoms with Gasteiger partial charge in [0, 0.05) is 18.5 Å². The van der Waals surface area contributed by atoms with Gasteiger partial charge in [0.15, 0.2) is 5.78 Å². The van der Waals surface area contributed by atoms with Gasteiger partial charge in [-0.3, -0.25) is 4.79 Å². The van der Waals surface area contributed by atoms with E-state index in [1.165, 1.54) is 0 Å². The van der Waals surface area contributed by atoms with Gasteiger partial charge in [0.2, 0.25) is 0 Å². The number of rotatable bonds is 4. The number of hydrogen-bond donors (Lipinski definition) is 3. The van der Waals surface area contributed by atoms with Gasteiger partial charge >= 0.3 is 6.09 Å². The van der Waals surface area contributed by atoms with Crippen LogP contribution in [-0.4, -0.2) is 40.3 Å². The second kappa shape index (κ2) is 7.32. The van der Waals surface area contributed by atoms with Crippen molar-refractivity contribution in [1.29, 1.82) is 0 Å². The number of fused-ring (bicyclic) bond motifs is 1. The molecular weight excluding hydrogens is 310 g/mol. The molecular formula is C18H25NO5. The lowest BCUT2D eigenvalue weighted by Crippen LogP contribution is -2.38. The number of benzene rings is 1. The second-order valence-corrected chi connectivity index (χ2v) is 7.09. The molecule has 3 N–H and O–H groups in total. The maximum atomic E-state index is 12.0. The third-order valence-electron chi connectivity index (χ3n) is 3.84. The van der Waals surface area contributed by atoms with Gasteiger partial charge in [0.25, 0.3) is 0 Å². The van der Waals surface area contributed by atoms with Crippen LogP contribution in [0.1, 0.15) is 61.2 Å². The molecule has 0 aliphatic heterocycles. The molecule has 0 saturated heterocycles. The van der Waals surface area contributed by atoms with Crippen molar-refractivity contribution in [3.05, 3.63) is 34.9 Å². The quantitative estimate of drug-likeness (QED) is 0.783. The van der Waals surface area contributed by atoms with E-state index < -0.39 is 23.9 Å². The zero-order chi connectivity index (χ0) is 17.9. The predicted molar refractivity (Wildman–Crippen MR) is 88.9 cm³/mol. The summed E-state index contributed by atoms with van der Waals surface area (Å²) in [5.41, 5.74) is 1.42. The predicted octanol–water partition coefficient (Wildman–Crippen LogP) is 2.12. The lowest BCUT2D eigenvalue weighted by atomic mass is 9.88. The summed E-state index contributed by atoms with van der Waals surface area (Å²) in [6.45, 7) is 5.06. The minimum absolute atomic E-state index is 0.0617. The number of carbonyl (C=O) groups excluding carboxylic acids is 2. The minimum Gasteiger partial charge on any atom is -0.444 e. The number of aliphatic hydroxyl groups excluding tert-OH is 2. The standard InChI is InChI=1S/C18H25NO5/c1-18(2,3)24-17(23)19-10-15(21)16(22)12-8-7-11-5-4-6-14(20)13(11)9-12/h7-9,15-16,21-22H,4-6,10H2,1-3H3,(H,19,23). The number of nitrogens with one attached hydrogen (secondary N) is 1. The van der Waals surface area contributed by atoms with Crippen molar-refractivity contribution in [3.63, 3.8) is 0 Å². The van der Waals surface area contributed by atoms with Gasteiger partial charge in [0.1, 0.15) is 17.8 Å². The Morgan fingerprint density at radius 2 is 2.00 bits per heavy atom. The van der Waals surface area contributed by atoms with Gasteiger partial charge in [-0.2, -0.15) is 0 Å². The summed E-state index contributed by atoms with van der Waals surface area (Å²) in [4.78, 5) is 23.5. The molecule has 0 radical (unpaired) electrons. The van der Waals surface area contributed by atoms with E-state index >= 15 is 0 Å². The van der Waals surface area contributed by atoms with Gasteiger partial charge in [0.05, 0.1) is 0 Å². The number of ketones is 1. The highest BCUT2D eigenvalue weighted by Crippen LogP contribution is 2.26. The monoisotopic (exact) mass is 335 g/mol. The largest absolute Gasteiger partial charge is 0.444 e. The molecule has 2 atom stereocenters. The summed E-state index contributed by atoms with van der Waals surface area (Å²) < 4.78 is 5.07. The van der Waals surface area contributed by atoms with Gasteiger partial charge in [-0.1, -0.05) is 12.1 Å². The van der Waals surface area contributed by atoms with Crippen LogP contribution in [0.2, 0.25) is 0 Å². The Balaban J connectivity index is 1.98. The van der Waals surface area contributed by atoms with E-state index in [9.17, 15) is 19.8 Å². The molecule has 1 aromatic rings. The first-order valence-electron chi connectivity index (χ1n) is 8.16. The Bertz CT molecular complexity index is 620. The molecule has 1 aromatic carbocycles. The number of carbonyl (C=O) groups is 2. The second-order valence-electron chi connectivity index (χ2n) is 7.09. The summed E-state index contributed by atoms with van der Waals surface area (Å²) in [6.07, 6.45) is -0.852. The molecule has 0 saturated carbocycles. The van der Waals surface area contributed by atoms with Gasteiger partial charge < -0.3 is 20.3 Å². The van der Waals surface area contributed by atoms with Gasteiger partial charge in [-0.25, -0.2) is 4.79 Å². The third-order valence-corrected chi connectivity index (χ3v) is 3.84. The fourth-order valence-corrected chi connectivity index (χ4v) is 2.67. The Morgan fingerprint density at radius 3 is 2.67 bits per heavy atom. The number of ether oxygens (including phenoxy) is 1. The highest BCUT2D eigenvalue weighted by molar-refractivity contribution is 5.98. The van der Waals surface area contributed by atoms with E-state index in [0.29, 0.717) is 17.5 Å². The number of aryl methyl sites for hydroxylation is 1. The first-order valence-corrected chi connectivity index (χ1v) is 8.16. The minimum atomic E-state index is -1.20. The number of Topliss-reactive ketones (excluding diaryl/α,β-unsaturated/α-hetero) is 1. The average molecular weight is 335 g/mol. The molecule has 0 spiro atoms.